The second-order valence-electron chi connectivity index (χ2n) is 4.20. The molecule has 4 N–H and O–H groups in total. The van der Waals surface area contributed by atoms with Crippen molar-refractivity contribution in [3.05, 3.63) is 51.7 Å². The minimum absolute atomic E-state index is 0.0435. The molecule has 0 fully saturated rings. The molecular weight excluding hydrogens is 274 g/mol. The maximum atomic E-state index is 8.79. The number of ether oxygens (including phenoxy) is 1. The highest BCUT2D eigenvalue weighted by atomic mass is 32.1. The molecule has 1 aromatic heterocycles. The topological polar surface area (TPSA) is 79.9 Å². The van der Waals surface area contributed by atoms with Crippen molar-refractivity contribution in [2.24, 2.45) is 10.9 Å². The van der Waals surface area contributed by atoms with Gasteiger partial charge in [-0.2, -0.15) is 0 Å². The zero-order chi connectivity index (χ0) is 14.4. The van der Waals surface area contributed by atoms with Crippen LogP contribution in [0, 0.1) is 0 Å². The Balaban J connectivity index is 2.05. The van der Waals surface area contributed by atoms with Gasteiger partial charge in [0.05, 0.1) is 12.7 Å². The summed E-state index contributed by atoms with van der Waals surface area (Å²) in [5, 5.41) is 17.2. The second kappa shape index (κ2) is 6.93. The quantitative estimate of drug-likeness (QED) is 0.330. The number of benzene rings is 1. The van der Waals surface area contributed by atoms with E-state index in [0.717, 1.165) is 12.1 Å². The summed E-state index contributed by atoms with van der Waals surface area (Å²) < 4.78 is 5.20. The third-order valence-electron chi connectivity index (χ3n) is 2.86. The van der Waals surface area contributed by atoms with E-state index >= 15 is 0 Å². The molecule has 20 heavy (non-hydrogen) atoms. The Bertz CT molecular complexity index is 582. The Hall–Kier alpha value is -2.05. The fraction of sp³-hybridized carbons (Fsp3) is 0.214. The Morgan fingerprint density at radius 1 is 1.40 bits per heavy atom. The van der Waals surface area contributed by atoms with E-state index in [4.69, 9.17) is 15.7 Å². The van der Waals surface area contributed by atoms with Crippen molar-refractivity contribution in [2.75, 3.05) is 7.11 Å². The van der Waals surface area contributed by atoms with Gasteiger partial charge in [-0.3, -0.25) is 0 Å². The third kappa shape index (κ3) is 3.49. The SMILES string of the molecule is COc1ccc(CNCc2cccs2)cc1C(N)=NO. The number of rotatable bonds is 6. The number of nitrogens with two attached hydrogens (primary N) is 1. The smallest absolute Gasteiger partial charge is 0.173 e. The van der Waals surface area contributed by atoms with E-state index in [1.54, 1.807) is 18.4 Å². The van der Waals surface area contributed by atoms with Gasteiger partial charge in [-0.05, 0) is 29.1 Å². The molecule has 0 saturated carbocycles. The maximum Gasteiger partial charge on any atom is 0.173 e. The van der Waals surface area contributed by atoms with Crippen LogP contribution in [0.15, 0.2) is 40.9 Å². The Labute approximate surface area is 121 Å². The zero-order valence-corrected chi connectivity index (χ0v) is 12.0. The average molecular weight is 291 g/mol. The summed E-state index contributed by atoms with van der Waals surface area (Å²) in [6.45, 7) is 1.52. The van der Waals surface area contributed by atoms with E-state index in [1.807, 2.05) is 24.3 Å². The van der Waals surface area contributed by atoms with Crippen molar-refractivity contribution < 1.29 is 9.94 Å². The summed E-state index contributed by atoms with van der Waals surface area (Å²) in [7, 11) is 1.55. The van der Waals surface area contributed by atoms with Gasteiger partial charge in [0.15, 0.2) is 5.84 Å². The Kier molecular flexibility index (Phi) is 4.97. The van der Waals surface area contributed by atoms with Crippen LogP contribution in [0.4, 0.5) is 0 Å². The standard InChI is InChI=1S/C14H17N3O2S/c1-19-13-5-4-10(7-12(13)14(15)17-18)8-16-9-11-3-2-6-20-11/h2-7,16,18H,8-9H2,1H3,(H2,15,17). The molecule has 0 bridgehead atoms. The number of nitrogens with zero attached hydrogens (tertiary/aromatic N) is 1. The van der Waals surface area contributed by atoms with Crippen LogP contribution in [0.3, 0.4) is 0 Å². The lowest BCUT2D eigenvalue weighted by atomic mass is 10.1. The van der Waals surface area contributed by atoms with Crippen molar-refractivity contribution in [2.45, 2.75) is 13.1 Å². The molecule has 106 valence electrons. The Morgan fingerprint density at radius 2 is 2.25 bits per heavy atom. The zero-order valence-electron chi connectivity index (χ0n) is 11.2. The van der Waals surface area contributed by atoms with E-state index in [-0.39, 0.29) is 5.84 Å². The molecule has 0 aliphatic heterocycles. The predicted octanol–water partition coefficient (Wildman–Crippen LogP) is 2.14. The molecule has 0 saturated heterocycles. The number of amidine groups is 1. The van der Waals surface area contributed by atoms with Crippen LogP contribution in [0.2, 0.25) is 0 Å². The van der Waals surface area contributed by atoms with Gasteiger partial charge in [-0.1, -0.05) is 17.3 Å². The van der Waals surface area contributed by atoms with E-state index < -0.39 is 0 Å². The predicted molar refractivity (Wildman–Crippen MR) is 80.4 cm³/mol. The van der Waals surface area contributed by atoms with Crippen molar-refractivity contribution in [3.8, 4) is 5.75 Å². The van der Waals surface area contributed by atoms with Gasteiger partial charge in [-0.15, -0.1) is 11.3 Å². The van der Waals surface area contributed by atoms with Gasteiger partial charge in [0.2, 0.25) is 0 Å². The van der Waals surface area contributed by atoms with Crippen molar-refractivity contribution in [1.29, 1.82) is 0 Å². The molecule has 0 atom stereocenters. The van der Waals surface area contributed by atoms with Gasteiger partial charge in [0.25, 0.3) is 0 Å². The minimum Gasteiger partial charge on any atom is -0.496 e. The van der Waals surface area contributed by atoms with Gasteiger partial charge in [-0.25, -0.2) is 0 Å². The van der Waals surface area contributed by atoms with Crippen LogP contribution < -0.4 is 15.8 Å². The lowest BCUT2D eigenvalue weighted by Crippen LogP contribution is -2.16. The first-order valence-corrected chi connectivity index (χ1v) is 7.00. The largest absolute Gasteiger partial charge is 0.496 e. The highest BCUT2D eigenvalue weighted by Gasteiger charge is 2.08. The Morgan fingerprint density at radius 3 is 2.90 bits per heavy atom. The first-order valence-electron chi connectivity index (χ1n) is 6.12. The molecule has 0 aliphatic rings. The molecule has 2 rings (SSSR count). The van der Waals surface area contributed by atoms with Gasteiger partial charge in [0, 0.05) is 18.0 Å². The fourth-order valence-corrected chi connectivity index (χ4v) is 2.54. The summed E-state index contributed by atoms with van der Waals surface area (Å²) in [6.07, 6.45) is 0. The summed E-state index contributed by atoms with van der Waals surface area (Å²) in [5.41, 5.74) is 7.28. The third-order valence-corrected chi connectivity index (χ3v) is 3.73. The number of thiophene rings is 1. The number of methoxy groups -OCH3 is 1. The molecule has 2 aromatic rings. The van der Waals surface area contributed by atoms with Crippen molar-refractivity contribution >= 4 is 17.2 Å². The molecule has 0 unspecified atom stereocenters. The molecule has 0 amide bonds. The van der Waals surface area contributed by atoms with E-state index in [2.05, 4.69) is 21.9 Å². The average Bonchev–Trinajstić information content (AvgIpc) is 2.99. The monoisotopic (exact) mass is 291 g/mol. The maximum absolute atomic E-state index is 8.79. The van der Waals surface area contributed by atoms with E-state index in [1.165, 1.54) is 4.88 Å². The summed E-state index contributed by atoms with van der Waals surface area (Å²) in [5.74, 6) is 0.629. The first kappa shape index (κ1) is 14.4. The number of nitrogens with one attached hydrogen (secondary N) is 1. The van der Waals surface area contributed by atoms with Crippen LogP contribution in [-0.4, -0.2) is 18.2 Å². The second-order valence-corrected chi connectivity index (χ2v) is 5.24. The van der Waals surface area contributed by atoms with Gasteiger partial charge < -0.3 is 21.0 Å². The van der Waals surface area contributed by atoms with E-state index in [0.29, 0.717) is 17.9 Å². The fourth-order valence-electron chi connectivity index (χ4n) is 1.86. The van der Waals surface area contributed by atoms with Crippen LogP contribution >= 0.6 is 11.3 Å². The molecule has 6 heteroatoms. The first-order chi connectivity index (χ1) is 9.74. The lowest BCUT2D eigenvalue weighted by Gasteiger charge is -2.10. The van der Waals surface area contributed by atoms with Gasteiger partial charge >= 0.3 is 0 Å². The summed E-state index contributed by atoms with van der Waals surface area (Å²) in [6, 6.07) is 9.75. The van der Waals surface area contributed by atoms with E-state index in [9.17, 15) is 0 Å². The molecule has 0 aliphatic carbocycles. The van der Waals surface area contributed by atoms with Crippen LogP contribution in [0.5, 0.6) is 5.75 Å². The normalized spacial score (nSPS) is 11.6. The number of oxime groups is 1. The molecular formula is C14H17N3O2S. The van der Waals surface area contributed by atoms with Gasteiger partial charge in [0.1, 0.15) is 5.75 Å². The lowest BCUT2D eigenvalue weighted by molar-refractivity contribution is 0.318. The summed E-state index contributed by atoms with van der Waals surface area (Å²) >= 11 is 1.72. The highest BCUT2D eigenvalue weighted by molar-refractivity contribution is 7.09. The molecule has 0 radical (unpaired) electrons. The minimum atomic E-state index is 0.0435. The molecule has 1 heterocycles. The number of hydrogen-bond donors (Lipinski definition) is 3. The van der Waals surface area contributed by atoms with Crippen molar-refractivity contribution in [3.63, 3.8) is 0 Å². The molecule has 0 spiro atoms. The van der Waals surface area contributed by atoms with Crippen LogP contribution in [-0.2, 0) is 13.1 Å². The molecule has 5 nitrogen and oxygen atoms in total. The summed E-state index contributed by atoms with van der Waals surface area (Å²) in [4.78, 5) is 1.29. The van der Waals surface area contributed by atoms with Crippen LogP contribution in [0.1, 0.15) is 16.0 Å². The van der Waals surface area contributed by atoms with Crippen molar-refractivity contribution in [1.82, 2.24) is 5.32 Å². The highest BCUT2D eigenvalue weighted by Crippen LogP contribution is 2.19. The van der Waals surface area contributed by atoms with Crippen LogP contribution in [0.25, 0.3) is 0 Å². The number of hydrogen-bond acceptors (Lipinski definition) is 5. The molecule has 1 aromatic carbocycles.